The van der Waals surface area contributed by atoms with Crippen molar-refractivity contribution < 1.29 is 66.5 Å². The topological polar surface area (TPSA) is 18.5 Å². The molecule has 0 aliphatic carbocycles. The second-order valence-electron chi connectivity index (χ2n) is 11.2. The highest BCUT2D eigenvalue weighted by molar-refractivity contribution is 6.33. The van der Waals surface area contributed by atoms with Gasteiger partial charge in [-0.2, -0.15) is 8.78 Å². The van der Waals surface area contributed by atoms with E-state index >= 15 is 22.0 Å². The maximum atomic E-state index is 15.2. The van der Waals surface area contributed by atoms with E-state index in [1.165, 1.54) is 12.1 Å². The molecule has 0 unspecified atom stereocenters. The lowest BCUT2D eigenvalue weighted by molar-refractivity contribution is -0.276. The maximum absolute atomic E-state index is 15.2. The summed E-state index contributed by atoms with van der Waals surface area (Å²) in [6.07, 6.45) is -5.67. The fraction of sp³-hybridized carbons (Fsp3) is 0.135. The van der Waals surface area contributed by atoms with E-state index in [1.807, 2.05) is 6.08 Å². The number of benzene rings is 5. The summed E-state index contributed by atoms with van der Waals surface area (Å²) in [6, 6.07) is 6.66. The van der Waals surface area contributed by atoms with Crippen molar-refractivity contribution in [2.45, 2.75) is 32.2 Å². The van der Waals surface area contributed by atoms with Crippen molar-refractivity contribution in [1.29, 1.82) is 0 Å². The van der Waals surface area contributed by atoms with Gasteiger partial charge in [0.2, 0.25) is 5.75 Å². The molecule has 0 aromatic heterocycles. The Labute approximate surface area is 296 Å². The molecule has 0 amide bonds. The van der Waals surface area contributed by atoms with Crippen LogP contribution in [0.3, 0.4) is 0 Å². The second-order valence-corrected chi connectivity index (χ2v) is 11.7. The SMILES string of the molecule is C/C=C/CCc1ccc(-c2cc(F)c(C(F)(F)Oc3cc(F)c(-c4cc(F)c(-c5cc(F)c(OC(F)(F)F)c(F)c5)c(Cl)c4)c(F)c3)c(F)c2)c(F)c1. The zero-order valence-corrected chi connectivity index (χ0v) is 27.3. The molecule has 0 radical (unpaired) electrons. The van der Waals surface area contributed by atoms with E-state index < -0.39 is 109 Å². The summed E-state index contributed by atoms with van der Waals surface area (Å²) in [7, 11) is 0. The standard InChI is InChI=1S/C37H20ClF13O2/c1-2-3-4-5-17-6-7-22(24(39)8-17)18-10-28(43)34(29(44)11-18)36(47,48)52-21-15-26(41)33(27(42)16-21)19-9-23(38)32(25(40)12-19)20-13-30(45)35(31(46)14-20)53-37(49,50)51/h2-3,6-16H,4-5H2,1H3/b3-2+. The van der Waals surface area contributed by atoms with Crippen LogP contribution >= 0.6 is 11.6 Å². The summed E-state index contributed by atoms with van der Waals surface area (Å²) in [5, 5.41) is -0.747. The molecule has 5 aromatic carbocycles. The van der Waals surface area contributed by atoms with Crippen LogP contribution in [0.4, 0.5) is 57.1 Å². The Kier molecular flexibility index (Phi) is 11.1. The van der Waals surface area contributed by atoms with Crippen LogP contribution in [-0.2, 0) is 12.5 Å². The molecule has 2 nitrogen and oxygen atoms in total. The van der Waals surface area contributed by atoms with Gasteiger partial charge in [0.25, 0.3) is 0 Å². The van der Waals surface area contributed by atoms with Gasteiger partial charge in [-0.3, -0.25) is 0 Å². The second kappa shape index (κ2) is 15.0. The van der Waals surface area contributed by atoms with Gasteiger partial charge in [-0.1, -0.05) is 35.9 Å². The molecule has 5 rings (SSSR count). The van der Waals surface area contributed by atoms with Crippen LogP contribution in [0.15, 0.2) is 78.9 Å². The minimum absolute atomic E-state index is 0.174. The average molecular weight is 779 g/mol. The molecular formula is C37H20ClF13O2. The zero-order valence-electron chi connectivity index (χ0n) is 26.5. The van der Waals surface area contributed by atoms with Crippen LogP contribution in [0.25, 0.3) is 33.4 Å². The zero-order chi connectivity index (χ0) is 39.0. The first-order valence-corrected chi connectivity index (χ1v) is 15.4. The fourth-order valence-electron chi connectivity index (χ4n) is 5.37. The van der Waals surface area contributed by atoms with Gasteiger partial charge in [-0.15, -0.1) is 13.2 Å². The lowest BCUT2D eigenvalue weighted by Crippen LogP contribution is -2.25. The minimum Gasteiger partial charge on any atom is -0.429 e. The van der Waals surface area contributed by atoms with E-state index in [0.717, 1.165) is 6.07 Å². The quantitative estimate of drug-likeness (QED) is 0.104. The Morgan fingerprint density at radius 1 is 0.585 bits per heavy atom. The van der Waals surface area contributed by atoms with E-state index in [4.69, 9.17) is 11.6 Å². The Morgan fingerprint density at radius 2 is 1.11 bits per heavy atom. The molecular weight excluding hydrogens is 759 g/mol. The average Bonchev–Trinajstić information content (AvgIpc) is 3.01. The van der Waals surface area contributed by atoms with E-state index in [0.29, 0.717) is 42.7 Å². The molecule has 0 aliphatic rings. The maximum Gasteiger partial charge on any atom is 0.573 e. The summed E-state index contributed by atoms with van der Waals surface area (Å²) in [4.78, 5) is 0. The van der Waals surface area contributed by atoms with Gasteiger partial charge in [0.15, 0.2) is 11.6 Å². The van der Waals surface area contributed by atoms with Crippen LogP contribution in [-0.4, -0.2) is 6.36 Å². The predicted octanol–water partition coefficient (Wildman–Crippen LogP) is 13.0. The van der Waals surface area contributed by atoms with Crippen LogP contribution in [0.2, 0.25) is 5.02 Å². The van der Waals surface area contributed by atoms with Crippen molar-refractivity contribution in [3.63, 3.8) is 0 Å². The third-order valence-electron chi connectivity index (χ3n) is 7.61. The van der Waals surface area contributed by atoms with Crippen LogP contribution in [0.5, 0.6) is 11.5 Å². The Balaban J connectivity index is 1.42. The number of rotatable bonds is 10. The van der Waals surface area contributed by atoms with Gasteiger partial charge < -0.3 is 9.47 Å². The largest absolute Gasteiger partial charge is 0.573 e. The van der Waals surface area contributed by atoms with Crippen LogP contribution in [0.1, 0.15) is 24.5 Å². The van der Waals surface area contributed by atoms with Gasteiger partial charge in [0, 0.05) is 23.3 Å². The molecule has 16 heteroatoms. The molecule has 0 spiro atoms. The van der Waals surface area contributed by atoms with Crippen molar-refractivity contribution in [2.24, 2.45) is 0 Å². The highest BCUT2D eigenvalue weighted by atomic mass is 35.5. The van der Waals surface area contributed by atoms with E-state index in [1.54, 1.807) is 13.0 Å². The summed E-state index contributed by atoms with van der Waals surface area (Å²) >= 11 is 6.02. The van der Waals surface area contributed by atoms with Gasteiger partial charge in [-0.25, -0.2) is 35.1 Å². The summed E-state index contributed by atoms with van der Waals surface area (Å²) in [5.41, 5.74) is -5.44. The molecule has 0 atom stereocenters. The smallest absolute Gasteiger partial charge is 0.429 e. The number of ether oxygens (including phenoxy) is 2. The third kappa shape index (κ3) is 8.56. The molecule has 5 aromatic rings. The highest BCUT2D eigenvalue weighted by Crippen LogP contribution is 2.42. The van der Waals surface area contributed by atoms with E-state index in [2.05, 4.69) is 9.47 Å². The van der Waals surface area contributed by atoms with Crippen LogP contribution in [0, 0.1) is 46.5 Å². The number of halogens is 14. The Morgan fingerprint density at radius 3 is 1.64 bits per heavy atom. The van der Waals surface area contributed by atoms with E-state index in [-0.39, 0.29) is 29.8 Å². The molecule has 0 saturated heterocycles. The number of alkyl halides is 5. The normalized spacial score (nSPS) is 12.1. The first-order chi connectivity index (χ1) is 24.8. The first kappa shape index (κ1) is 39.0. The van der Waals surface area contributed by atoms with Crippen LogP contribution < -0.4 is 9.47 Å². The van der Waals surface area contributed by atoms with Gasteiger partial charge in [0.05, 0.1) is 10.6 Å². The first-order valence-electron chi connectivity index (χ1n) is 15.0. The lowest BCUT2D eigenvalue weighted by atomic mass is 9.98. The summed E-state index contributed by atoms with van der Waals surface area (Å²) < 4.78 is 194. The number of hydrogen-bond donors (Lipinski definition) is 0. The van der Waals surface area contributed by atoms with Gasteiger partial charge >= 0.3 is 12.5 Å². The summed E-state index contributed by atoms with van der Waals surface area (Å²) in [5.74, 6) is -16.4. The Bertz CT molecular complexity index is 2140. The molecule has 0 heterocycles. The Hall–Kier alpha value is -5.18. The number of hydrogen-bond acceptors (Lipinski definition) is 2. The molecule has 0 bridgehead atoms. The molecule has 0 fully saturated rings. The van der Waals surface area contributed by atoms with Crippen molar-refractivity contribution >= 4 is 11.6 Å². The highest BCUT2D eigenvalue weighted by Gasteiger charge is 2.42. The third-order valence-corrected chi connectivity index (χ3v) is 7.91. The molecule has 278 valence electrons. The van der Waals surface area contributed by atoms with E-state index in [9.17, 15) is 35.1 Å². The van der Waals surface area contributed by atoms with Crippen molar-refractivity contribution in [3.8, 4) is 44.9 Å². The van der Waals surface area contributed by atoms with Crippen molar-refractivity contribution in [1.82, 2.24) is 0 Å². The molecule has 53 heavy (non-hydrogen) atoms. The number of allylic oxidation sites excluding steroid dienone is 2. The monoisotopic (exact) mass is 778 g/mol. The fourth-order valence-corrected chi connectivity index (χ4v) is 5.68. The van der Waals surface area contributed by atoms with Crippen molar-refractivity contribution in [3.05, 3.63) is 142 Å². The summed E-state index contributed by atoms with van der Waals surface area (Å²) in [6.45, 7) is 1.80. The lowest BCUT2D eigenvalue weighted by Gasteiger charge is -2.21. The molecule has 0 saturated carbocycles. The van der Waals surface area contributed by atoms with Gasteiger partial charge in [0.1, 0.15) is 46.2 Å². The van der Waals surface area contributed by atoms with Crippen molar-refractivity contribution in [2.75, 3.05) is 0 Å². The minimum atomic E-state index is -5.47. The van der Waals surface area contributed by atoms with Gasteiger partial charge in [-0.05, 0) is 84.5 Å². The number of aryl methyl sites for hydroxylation is 1. The molecule has 0 aliphatic heterocycles. The molecule has 0 N–H and O–H groups in total. The predicted molar refractivity (Wildman–Crippen MR) is 168 cm³/mol.